The van der Waals surface area contributed by atoms with Crippen LogP contribution >= 0.6 is 0 Å². The summed E-state index contributed by atoms with van der Waals surface area (Å²) in [5, 5.41) is 11.2. The molecule has 0 bridgehead atoms. The van der Waals surface area contributed by atoms with E-state index in [0.717, 1.165) is 16.7 Å². The van der Waals surface area contributed by atoms with Crippen molar-refractivity contribution in [3.8, 4) is 11.5 Å². The van der Waals surface area contributed by atoms with Crippen LogP contribution in [0.15, 0.2) is 66.7 Å². The lowest BCUT2D eigenvalue weighted by Gasteiger charge is -2.38. The minimum atomic E-state index is -1.25. The summed E-state index contributed by atoms with van der Waals surface area (Å²) in [5.41, 5.74) is 3.46. The van der Waals surface area contributed by atoms with Crippen LogP contribution in [0, 0.1) is 0 Å². The van der Waals surface area contributed by atoms with Crippen LogP contribution in [-0.4, -0.2) is 25.1 Å². The molecular formula is C26H24NO5-. The van der Waals surface area contributed by atoms with E-state index in [9.17, 15) is 14.7 Å². The lowest BCUT2D eigenvalue weighted by atomic mass is 9.86. The predicted molar refractivity (Wildman–Crippen MR) is 119 cm³/mol. The van der Waals surface area contributed by atoms with Gasteiger partial charge in [0.05, 0.1) is 31.6 Å². The van der Waals surface area contributed by atoms with E-state index >= 15 is 0 Å². The SMILES string of the molecule is CCOc1cc2c(cc1OCC)[C@H](c1ccccc1)N(c1ccc(C(=O)[O-])cc1)C(=O)C2. The molecule has 1 aliphatic rings. The number of amides is 1. The predicted octanol–water partition coefficient (Wildman–Crippen LogP) is 3.53. The molecule has 4 rings (SSSR count). The number of hydrogen-bond donors (Lipinski definition) is 0. The Morgan fingerprint density at radius 2 is 1.59 bits per heavy atom. The number of hydrogen-bond acceptors (Lipinski definition) is 5. The van der Waals surface area contributed by atoms with Crippen LogP contribution in [0.4, 0.5) is 5.69 Å². The first-order valence-corrected chi connectivity index (χ1v) is 10.6. The molecule has 1 aliphatic heterocycles. The van der Waals surface area contributed by atoms with Crippen LogP contribution in [0.25, 0.3) is 0 Å². The zero-order chi connectivity index (χ0) is 22.7. The molecule has 0 radical (unpaired) electrons. The van der Waals surface area contributed by atoms with E-state index in [0.29, 0.717) is 30.4 Å². The number of ether oxygens (including phenoxy) is 2. The molecular weight excluding hydrogens is 406 g/mol. The molecule has 1 atom stereocenters. The van der Waals surface area contributed by atoms with E-state index < -0.39 is 12.0 Å². The first-order valence-electron chi connectivity index (χ1n) is 10.6. The van der Waals surface area contributed by atoms with Crippen LogP contribution in [-0.2, 0) is 11.2 Å². The molecule has 164 valence electrons. The summed E-state index contributed by atoms with van der Waals surface area (Å²) in [7, 11) is 0. The van der Waals surface area contributed by atoms with Crippen molar-refractivity contribution in [2.75, 3.05) is 18.1 Å². The summed E-state index contributed by atoms with van der Waals surface area (Å²) in [4.78, 5) is 26.2. The number of carboxylic acid groups (broad SMARTS) is 1. The Balaban J connectivity index is 1.88. The third-order valence-electron chi connectivity index (χ3n) is 5.46. The van der Waals surface area contributed by atoms with Gasteiger partial charge >= 0.3 is 0 Å². The van der Waals surface area contributed by atoms with Crippen molar-refractivity contribution < 1.29 is 24.2 Å². The van der Waals surface area contributed by atoms with Crippen LogP contribution in [0.2, 0.25) is 0 Å². The maximum Gasteiger partial charge on any atom is 0.232 e. The van der Waals surface area contributed by atoms with Gasteiger partial charge in [0.25, 0.3) is 0 Å². The lowest BCUT2D eigenvalue weighted by Crippen LogP contribution is -2.41. The number of carbonyl (C=O) groups excluding carboxylic acids is 2. The van der Waals surface area contributed by atoms with Gasteiger partial charge in [0.1, 0.15) is 0 Å². The van der Waals surface area contributed by atoms with Gasteiger partial charge in [-0.3, -0.25) is 4.79 Å². The summed E-state index contributed by atoms with van der Waals surface area (Å²) in [6.45, 7) is 4.80. The van der Waals surface area contributed by atoms with E-state index in [2.05, 4.69) is 0 Å². The van der Waals surface area contributed by atoms with Gasteiger partial charge in [-0.25, -0.2) is 0 Å². The molecule has 0 N–H and O–H groups in total. The molecule has 0 fully saturated rings. The number of anilines is 1. The maximum absolute atomic E-state index is 13.4. The van der Waals surface area contributed by atoms with Crippen molar-refractivity contribution in [2.45, 2.75) is 26.3 Å². The summed E-state index contributed by atoms with van der Waals surface area (Å²) in [6.07, 6.45) is 0.202. The number of rotatable bonds is 7. The Morgan fingerprint density at radius 1 is 0.969 bits per heavy atom. The van der Waals surface area contributed by atoms with Crippen molar-refractivity contribution in [1.29, 1.82) is 0 Å². The molecule has 0 aliphatic carbocycles. The van der Waals surface area contributed by atoms with E-state index in [4.69, 9.17) is 9.47 Å². The zero-order valence-corrected chi connectivity index (χ0v) is 18.0. The molecule has 32 heavy (non-hydrogen) atoms. The number of fused-ring (bicyclic) bond motifs is 1. The van der Waals surface area contributed by atoms with Gasteiger partial charge in [-0.05, 0) is 60.4 Å². The fraction of sp³-hybridized carbons (Fsp3) is 0.231. The number of benzene rings is 3. The quantitative estimate of drug-likeness (QED) is 0.573. The van der Waals surface area contributed by atoms with Crippen molar-refractivity contribution in [1.82, 2.24) is 0 Å². The Hall–Kier alpha value is -3.80. The minimum Gasteiger partial charge on any atom is -0.545 e. The van der Waals surface area contributed by atoms with Gasteiger partial charge < -0.3 is 24.3 Å². The van der Waals surface area contributed by atoms with Gasteiger partial charge in [0.15, 0.2) is 11.5 Å². The first kappa shape index (κ1) is 21.4. The molecule has 1 amide bonds. The largest absolute Gasteiger partial charge is 0.545 e. The highest BCUT2D eigenvalue weighted by Crippen LogP contribution is 2.43. The van der Waals surface area contributed by atoms with Gasteiger partial charge in [0, 0.05) is 5.69 Å². The second kappa shape index (κ2) is 9.14. The third-order valence-corrected chi connectivity index (χ3v) is 5.46. The number of carboxylic acids is 1. The summed E-state index contributed by atoms with van der Waals surface area (Å²) in [6, 6.07) is 19.4. The molecule has 0 spiro atoms. The normalized spacial score (nSPS) is 15.2. The molecule has 1 heterocycles. The van der Waals surface area contributed by atoms with Crippen LogP contribution < -0.4 is 19.5 Å². The highest BCUT2D eigenvalue weighted by atomic mass is 16.5. The Labute approximate surface area is 187 Å². The molecule has 3 aromatic rings. The second-order valence-corrected chi connectivity index (χ2v) is 7.45. The molecule has 6 nitrogen and oxygen atoms in total. The monoisotopic (exact) mass is 430 g/mol. The molecule has 0 saturated heterocycles. The van der Waals surface area contributed by atoms with E-state index in [1.165, 1.54) is 12.1 Å². The summed E-state index contributed by atoms with van der Waals surface area (Å²) in [5.74, 6) is -0.0782. The Bertz CT molecular complexity index is 1120. The highest BCUT2D eigenvalue weighted by Gasteiger charge is 2.35. The average Bonchev–Trinajstić information content (AvgIpc) is 2.80. The average molecular weight is 430 g/mol. The van der Waals surface area contributed by atoms with Gasteiger partial charge in [-0.2, -0.15) is 0 Å². The van der Waals surface area contributed by atoms with Crippen molar-refractivity contribution in [2.24, 2.45) is 0 Å². The van der Waals surface area contributed by atoms with Crippen molar-refractivity contribution in [3.05, 3.63) is 89.0 Å². The fourth-order valence-corrected chi connectivity index (χ4v) is 4.11. The molecule has 3 aromatic carbocycles. The standard InChI is InChI=1S/C26H25NO5/c1-3-31-22-14-19-15-24(28)27(20-12-10-18(11-13-20)26(29)30)25(17-8-6-5-7-9-17)21(19)16-23(22)32-4-2/h5-14,16,25H,3-4,15H2,1-2H3,(H,29,30)/p-1/t25-/m0/s1. The zero-order valence-electron chi connectivity index (χ0n) is 18.0. The Kier molecular flexibility index (Phi) is 6.12. The minimum absolute atomic E-state index is 0.0647. The lowest BCUT2D eigenvalue weighted by molar-refractivity contribution is -0.255. The summed E-state index contributed by atoms with van der Waals surface area (Å²) >= 11 is 0. The van der Waals surface area contributed by atoms with E-state index in [1.807, 2.05) is 56.3 Å². The van der Waals surface area contributed by atoms with E-state index in [-0.39, 0.29) is 17.9 Å². The second-order valence-electron chi connectivity index (χ2n) is 7.45. The van der Waals surface area contributed by atoms with Gasteiger partial charge in [-0.15, -0.1) is 0 Å². The molecule has 0 unspecified atom stereocenters. The highest BCUT2D eigenvalue weighted by molar-refractivity contribution is 5.99. The number of aromatic carboxylic acids is 1. The molecule has 0 saturated carbocycles. The Morgan fingerprint density at radius 3 is 2.19 bits per heavy atom. The topological polar surface area (TPSA) is 78.9 Å². The number of carbonyl (C=O) groups is 2. The first-order chi connectivity index (χ1) is 15.5. The van der Waals surface area contributed by atoms with Crippen LogP contribution in [0.1, 0.15) is 46.9 Å². The van der Waals surface area contributed by atoms with Gasteiger partial charge in [-0.1, -0.05) is 42.5 Å². The molecule has 0 aromatic heterocycles. The van der Waals surface area contributed by atoms with Crippen molar-refractivity contribution >= 4 is 17.6 Å². The third kappa shape index (κ3) is 4.04. The van der Waals surface area contributed by atoms with Gasteiger partial charge in [0.2, 0.25) is 5.91 Å². The van der Waals surface area contributed by atoms with Crippen LogP contribution in [0.3, 0.4) is 0 Å². The number of nitrogens with zero attached hydrogens (tertiary/aromatic N) is 1. The smallest absolute Gasteiger partial charge is 0.232 e. The maximum atomic E-state index is 13.4. The fourth-order valence-electron chi connectivity index (χ4n) is 4.11. The van der Waals surface area contributed by atoms with Crippen LogP contribution in [0.5, 0.6) is 11.5 Å². The molecule has 6 heteroatoms. The summed E-state index contributed by atoms with van der Waals surface area (Å²) < 4.78 is 11.6. The van der Waals surface area contributed by atoms with Crippen molar-refractivity contribution in [3.63, 3.8) is 0 Å². The van der Waals surface area contributed by atoms with E-state index in [1.54, 1.807) is 17.0 Å².